The molecule has 0 amide bonds. The molecule has 110 valence electrons. The van der Waals surface area contributed by atoms with Crippen LogP contribution in [0.5, 0.6) is 11.9 Å². The van der Waals surface area contributed by atoms with Crippen LogP contribution >= 0.6 is 0 Å². The quantitative estimate of drug-likeness (QED) is 0.870. The van der Waals surface area contributed by atoms with Gasteiger partial charge in [0.15, 0.2) is 0 Å². The third-order valence-corrected chi connectivity index (χ3v) is 4.15. The van der Waals surface area contributed by atoms with Gasteiger partial charge in [0.25, 0.3) is 0 Å². The molecule has 3 heterocycles. The Morgan fingerprint density at radius 3 is 3.05 bits per heavy atom. The highest BCUT2D eigenvalue weighted by Crippen LogP contribution is 2.25. The number of nitrogens with one attached hydrogen (secondary N) is 1. The Hall–Kier alpha value is -1.40. The van der Waals surface area contributed by atoms with Crippen LogP contribution in [0.1, 0.15) is 24.1 Å². The number of ether oxygens (including phenoxy) is 2. The van der Waals surface area contributed by atoms with Crippen LogP contribution in [0.4, 0.5) is 0 Å². The van der Waals surface area contributed by atoms with E-state index in [4.69, 9.17) is 9.47 Å². The average molecular weight is 278 g/mol. The summed E-state index contributed by atoms with van der Waals surface area (Å²) < 4.78 is 11.2. The molecule has 1 aromatic rings. The van der Waals surface area contributed by atoms with E-state index in [1.165, 1.54) is 12.8 Å². The van der Waals surface area contributed by atoms with Crippen LogP contribution in [0.2, 0.25) is 0 Å². The molecule has 0 aliphatic carbocycles. The van der Waals surface area contributed by atoms with Crippen molar-refractivity contribution in [2.75, 3.05) is 33.9 Å². The van der Waals surface area contributed by atoms with E-state index in [9.17, 15) is 0 Å². The Balaban J connectivity index is 1.73. The number of hydrogen-bond acceptors (Lipinski definition) is 6. The summed E-state index contributed by atoms with van der Waals surface area (Å²) in [7, 11) is 3.79. The molecular weight excluding hydrogens is 256 g/mol. The standard InChI is InChI=1S/C14H22N4O2/c1-18-7-3-4-10(18)9-20-14-16-12-8-15-6-5-11(12)13(17-14)19-2/h10,15H,3-9H2,1-2H3/t10-/m0/s1. The molecule has 6 heteroatoms. The Morgan fingerprint density at radius 1 is 1.40 bits per heavy atom. The summed E-state index contributed by atoms with van der Waals surface area (Å²) in [4.78, 5) is 11.2. The van der Waals surface area contributed by atoms with Crippen molar-refractivity contribution < 1.29 is 9.47 Å². The molecule has 0 bridgehead atoms. The van der Waals surface area contributed by atoms with Crippen LogP contribution in [0.15, 0.2) is 0 Å². The second kappa shape index (κ2) is 5.93. The third kappa shape index (κ3) is 2.71. The van der Waals surface area contributed by atoms with E-state index in [0.29, 0.717) is 24.5 Å². The van der Waals surface area contributed by atoms with Crippen molar-refractivity contribution in [3.05, 3.63) is 11.3 Å². The second-order valence-electron chi connectivity index (χ2n) is 5.46. The molecule has 1 atom stereocenters. The number of hydrogen-bond donors (Lipinski definition) is 1. The van der Waals surface area contributed by atoms with E-state index >= 15 is 0 Å². The van der Waals surface area contributed by atoms with E-state index in [1.807, 2.05) is 0 Å². The summed E-state index contributed by atoms with van der Waals surface area (Å²) in [6, 6.07) is 0.906. The molecule has 20 heavy (non-hydrogen) atoms. The summed E-state index contributed by atoms with van der Waals surface area (Å²) in [5, 5.41) is 3.31. The zero-order valence-electron chi connectivity index (χ0n) is 12.2. The molecule has 1 aromatic heterocycles. The maximum Gasteiger partial charge on any atom is 0.320 e. The van der Waals surface area contributed by atoms with Crippen molar-refractivity contribution >= 4 is 0 Å². The van der Waals surface area contributed by atoms with Gasteiger partial charge in [-0.25, -0.2) is 0 Å². The number of likely N-dealkylation sites (tertiary alicyclic amines) is 1. The molecule has 6 nitrogen and oxygen atoms in total. The second-order valence-corrected chi connectivity index (χ2v) is 5.46. The Kier molecular flexibility index (Phi) is 4.03. The van der Waals surface area contributed by atoms with Gasteiger partial charge >= 0.3 is 6.01 Å². The van der Waals surface area contributed by atoms with Crippen LogP contribution in [-0.4, -0.2) is 54.8 Å². The minimum Gasteiger partial charge on any atom is -0.481 e. The highest BCUT2D eigenvalue weighted by molar-refractivity contribution is 5.34. The van der Waals surface area contributed by atoms with Crippen LogP contribution in [-0.2, 0) is 13.0 Å². The summed E-state index contributed by atoms with van der Waals surface area (Å²) in [6.45, 7) is 3.49. The van der Waals surface area contributed by atoms with Gasteiger partial charge in [0.1, 0.15) is 6.61 Å². The van der Waals surface area contributed by atoms with Crippen LogP contribution in [0, 0.1) is 0 Å². The number of rotatable bonds is 4. The number of likely N-dealkylation sites (N-methyl/N-ethyl adjacent to an activating group) is 1. The highest BCUT2D eigenvalue weighted by atomic mass is 16.5. The number of aromatic nitrogens is 2. The molecule has 2 aliphatic rings. The maximum atomic E-state index is 5.80. The first kappa shape index (κ1) is 13.6. The first-order chi connectivity index (χ1) is 9.78. The molecule has 0 spiro atoms. The van der Waals surface area contributed by atoms with Crippen molar-refractivity contribution in [1.82, 2.24) is 20.2 Å². The number of fused-ring (bicyclic) bond motifs is 1. The maximum absolute atomic E-state index is 5.80. The summed E-state index contributed by atoms with van der Waals surface area (Å²) in [5.41, 5.74) is 2.11. The van der Waals surface area contributed by atoms with Crippen LogP contribution < -0.4 is 14.8 Å². The highest BCUT2D eigenvalue weighted by Gasteiger charge is 2.23. The van der Waals surface area contributed by atoms with Gasteiger partial charge in [-0.3, -0.25) is 0 Å². The topological polar surface area (TPSA) is 59.5 Å². The molecule has 0 saturated carbocycles. The minimum atomic E-state index is 0.435. The van der Waals surface area contributed by atoms with Gasteiger partial charge in [-0.05, 0) is 39.4 Å². The fraction of sp³-hybridized carbons (Fsp3) is 0.714. The van der Waals surface area contributed by atoms with Crippen LogP contribution in [0.25, 0.3) is 0 Å². The lowest BCUT2D eigenvalue weighted by Gasteiger charge is -2.21. The number of nitrogens with zero attached hydrogens (tertiary/aromatic N) is 3. The molecule has 3 rings (SSSR count). The molecular formula is C14H22N4O2. The van der Waals surface area contributed by atoms with Gasteiger partial charge < -0.3 is 19.7 Å². The lowest BCUT2D eigenvalue weighted by molar-refractivity contribution is 0.185. The molecule has 0 aromatic carbocycles. The van der Waals surface area contributed by atoms with Gasteiger partial charge in [0.2, 0.25) is 5.88 Å². The summed E-state index contributed by atoms with van der Waals surface area (Å²) in [6.07, 6.45) is 3.33. The first-order valence-electron chi connectivity index (χ1n) is 7.25. The van der Waals surface area contributed by atoms with Crippen molar-refractivity contribution in [2.45, 2.75) is 31.8 Å². The third-order valence-electron chi connectivity index (χ3n) is 4.15. The predicted molar refractivity (Wildman–Crippen MR) is 75.1 cm³/mol. The zero-order valence-corrected chi connectivity index (χ0v) is 12.2. The fourth-order valence-electron chi connectivity index (χ4n) is 2.90. The molecule has 2 aliphatic heterocycles. The monoisotopic (exact) mass is 278 g/mol. The Bertz CT molecular complexity index is 463. The van der Waals surface area contributed by atoms with E-state index in [1.54, 1.807) is 7.11 Å². The van der Waals surface area contributed by atoms with E-state index in [2.05, 4.69) is 27.2 Å². The van der Waals surface area contributed by atoms with Crippen molar-refractivity contribution in [3.63, 3.8) is 0 Å². The lowest BCUT2D eigenvalue weighted by atomic mass is 10.1. The fourth-order valence-corrected chi connectivity index (χ4v) is 2.90. The van der Waals surface area contributed by atoms with Crippen molar-refractivity contribution in [3.8, 4) is 11.9 Å². The normalized spacial score (nSPS) is 22.6. The molecule has 1 fully saturated rings. The van der Waals surface area contributed by atoms with E-state index in [0.717, 1.165) is 37.3 Å². The average Bonchev–Trinajstić information content (AvgIpc) is 2.89. The molecule has 1 saturated heterocycles. The molecule has 0 unspecified atom stereocenters. The minimum absolute atomic E-state index is 0.435. The van der Waals surface area contributed by atoms with Crippen LogP contribution in [0.3, 0.4) is 0 Å². The first-order valence-corrected chi connectivity index (χ1v) is 7.25. The largest absolute Gasteiger partial charge is 0.481 e. The molecule has 0 radical (unpaired) electrons. The Morgan fingerprint density at radius 2 is 2.30 bits per heavy atom. The van der Waals surface area contributed by atoms with Gasteiger partial charge in [0, 0.05) is 18.2 Å². The van der Waals surface area contributed by atoms with Gasteiger partial charge in [-0.2, -0.15) is 9.97 Å². The Labute approximate surface area is 119 Å². The van der Waals surface area contributed by atoms with Gasteiger partial charge in [-0.15, -0.1) is 0 Å². The van der Waals surface area contributed by atoms with E-state index < -0.39 is 0 Å². The van der Waals surface area contributed by atoms with Gasteiger partial charge in [0.05, 0.1) is 12.8 Å². The smallest absolute Gasteiger partial charge is 0.320 e. The zero-order chi connectivity index (χ0) is 13.9. The lowest BCUT2D eigenvalue weighted by Crippen LogP contribution is -2.31. The SMILES string of the molecule is COc1nc(OC[C@@H]2CCCN2C)nc2c1CCNC2. The van der Waals surface area contributed by atoms with Crippen molar-refractivity contribution in [2.24, 2.45) is 0 Å². The summed E-state index contributed by atoms with van der Waals surface area (Å²) in [5.74, 6) is 0.659. The van der Waals surface area contributed by atoms with Crippen molar-refractivity contribution in [1.29, 1.82) is 0 Å². The number of methoxy groups -OCH3 is 1. The summed E-state index contributed by atoms with van der Waals surface area (Å²) >= 11 is 0. The predicted octanol–water partition coefficient (Wildman–Crippen LogP) is 0.604. The van der Waals surface area contributed by atoms with Gasteiger partial charge in [-0.1, -0.05) is 0 Å². The van der Waals surface area contributed by atoms with E-state index in [-0.39, 0.29) is 0 Å². The molecule has 1 N–H and O–H groups in total.